The van der Waals surface area contributed by atoms with Crippen molar-refractivity contribution in [2.24, 2.45) is 5.41 Å². The molecule has 0 saturated heterocycles. The molecule has 0 aromatic rings. The summed E-state index contributed by atoms with van der Waals surface area (Å²) in [7, 11) is 0. The van der Waals surface area contributed by atoms with Crippen LogP contribution >= 0.6 is 0 Å². The molecular weight excluding hydrogens is 488 g/mol. The van der Waals surface area contributed by atoms with Gasteiger partial charge in [0.15, 0.2) is 0 Å². The lowest BCUT2D eigenvalue weighted by molar-refractivity contribution is -0.142. The number of rotatable bonds is 19. The van der Waals surface area contributed by atoms with Crippen LogP contribution in [-0.4, -0.2) is 12.6 Å². The Morgan fingerprint density at radius 3 is 2.27 bits per heavy atom. The van der Waals surface area contributed by atoms with E-state index in [9.17, 15) is 4.79 Å². The Morgan fingerprint density at radius 2 is 1.55 bits per heavy atom. The molecule has 0 aliphatic heterocycles. The highest BCUT2D eigenvalue weighted by Gasteiger charge is 2.26. The monoisotopic (exact) mass is 546 g/mol. The molecule has 0 saturated carbocycles. The molecule has 0 atom stereocenters. The largest absolute Gasteiger partial charge is 0.461 e. The summed E-state index contributed by atoms with van der Waals surface area (Å²) in [5, 5.41) is 0. The first kappa shape index (κ1) is 35.4. The van der Waals surface area contributed by atoms with E-state index in [0.29, 0.717) is 13.0 Å². The zero-order valence-electron chi connectivity index (χ0n) is 26.6. The molecule has 0 bridgehead atoms. The van der Waals surface area contributed by atoms with Crippen LogP contribution in [0.15, 0.2) is 95.2 Å². The second kappa shape index (κ2) is 22.1. The molecule has 0 aromatic heterocycles. The predicted molar refractivity (Wildman–Crippen MR) is 176 cm³/mol. The van der Waals surface area contributed by atoms with Crippen LogP contribution in [0.4, 0.5) is 0 Å². The summed E-state index contributed by atoms with van der Waals surface area (Å²) in [5.41, 5.74) is 5.62. The summed E-state index contributed by atoms with van der Waals surface area (Å²) in [4.78, 5) is 12.0. The molecule has 0 spiro atoms. The number of hydrogen-bond donors (Lipinski definition) is 0. The highest BCUT2D eigenvalue weighted by atomic mass is 16.5. The zero-order valence-corrected chi connectivity index (χ0v) is 26.6. The van der Waals surface area contributed by atoms with E-state index in [1.165, 1.54) is 55.2 Å². The fraction of sp³-hybridized carbons (Fsp3) is 0.553. The second-order valence-electron chi connectivity index (χ2n) is 11.8. The first-order chi connectivity index (χ1) is 19.3. The van der Waals surface area contributed by atoms with Crippen molar-refractivity contribution in [2.75, 3.05) is 6.61 Å². The quantitative estimate of drug-likeness (QED) is 0.0697. The van der Waals surface area contributed by atoms with Gasteiger partial charge >= 0.3 is 5.97 Å². The van der Waals surface area contributed by atoms with E-state index < -0.39 is 0 Å². The molecule has 40 heavy (non-hydrogen) atoms. The van der Waals surface area contributed by atoms with Crippen molar-refractivity contribution in [3.8, 4) is 0 Å². The van der Waals surface area contributed by atoms with Gasteiger partial charge in [-0.15, -0.1) is 0 Å². The van der Waals surface area contributed by atoms with Crippen molar-refractivity contribution < 1.29 is 9.53 Å². The van der Waals surface area contributed by atoms with E-state index in [1.807, 2.05) is 13.0 Å². The van der Waals surface area contributed by atoms with Crippen molar-refractivity contribution in [3.63, 3.8) is 0 Å². The van der Waals surface area contributed by atoms with Gasteiger partial charge in [0, 0.05) is 6.42 Å². The highest BCUT2D eigenvalue weighted by Crippen LogP contribution is 2.40. The van der Waals surface area contributed by atoms with Crippen LogP contribution in [0.5, 0.6) is 0 Å². The van der Waals surface area contributed by atoms with Crippen LogP contribution in [0.25, 0.3) is 0 Å². The lowest BCUT2D eigenvalue weighted by Gasteiger charge is -2.32. The Labute approximate surface area is 247 Å². The number of unbranched alkanes of at least 4 members (excludes halogenated alkanes) is 5. The molecule has 0 radical (unpaired) electrons. The molecule has 0 fully saturated rings. The summed E-state index contributed by atoms with van der Waals surface area (Å²) in [6.45, 7) is 13.7. The SMILES string of the molecule is CC/C=C\C/C=C\C/C=C\CCCCCCCC(=O)OCC=C(C)C=CC=C(C)C=CC1=C(C)CCCC1(C)C. The van der Waals surface area contributed by atoms with Crippen LogP contribution < -0.4 is 0 Å². The number of ether oxygens (including phenoxy) is 1. The topological polar surface area (TPSA) is 26.3 Å². The van der Waals surface area contributed by atoms with Gasteiger partial charge in [-0.25, -0.2) is 0 Å². The molecule has 222 valence electrons. The molecule has 1 rings (SSSR count). The summed E-state index contributed by atoms with van der Waals surface area (Å²) in [6, 6.07) is 0. The maximum absolute atomic E-state index is 12.0. The third-order valence-electron chi connectivity index (χ3n) is 7.45. The minimum Gasteiger partial charge on any atom is -0.461 e. The van der Waals surface area contributed by atoms with Crippen LogP contribution in [0.3, 0.4) is 0 Å². The standard InChI is InChI=1S/C38H58O2/c1-7-8-9-10-11-12-13-14-15-16-17-18-19-20-21-27-37(39)40-32-30-34(3)25-22-24-33(2)28-29-36-35(4)26-23-31-38(36,5)6/h8-9,11-12,14-15,22,24-25,28-30H,7,10,13,16-21,23,26-27,31-32H2,1-6H3/b9-8-,12-11-,15-14-,25-22?,29-28?,33-24?,34-30?. The molecule has 0 N–H and O–H groups in total. The maximum atomic E-state index is 12.0. The summed E-state index contributed by atoms with van der Waals surface area (Å²) >= 11 is 0. The van der Waals surface area contributed by atoms with Crippen LogP contribution in [-0.2, 0) is 9.53 Å². The van der Waals surface area contributed by atoms with Gasteiger partial charge in [0.2, 0.25) is 0 Å². The van der Waals surface area contributed by atoms with E-state index in [1.54, 1.807) is 0 Å². The minimum atomic E-state index is -0.0923. The Balaban J connectivity index is 2.15. The van der Waals surface area contributed by atoms with Crippen molar-refractivity contribution in [1.82, 2.24) is 0 Å². The van der Waals surface area contributed by atoms with Gasteiger partial charge in [-0.1, -0.05) is 124 Å². The molecule has 2 heteroatoms. The first-order valence-corrected chi connectivity index (χ1v) is 15.8. The smallest absolute Gasteiger partial charge is 0.306 e. The lowest BCUT2D eigenvalue weighted by Crippen LogP contribution is -2.19. The van der Waals surface area contributed by atoms with E-state index in [-0.39, 0.29) is 11.4 Å². The van der Waals surface area contributed by atoms with E-state index >= 15 is 0 Å². The molecule has 0 amide bonds. The van der Waals surface area contributed by atoms with Gasteiger partial charge in [-0.3, -0.25) is 4.79 Å². The normalized spacial score (nSPS) is 17.1. The molecule has 0 unspecified atom stereocenters. The molecule has 0 heterocycles. The fourth-order valence-corrected chi connectivity index (χ4v) is 4.93. The highest BCUT2D eigenvalue weighted by molar-refractivity contribution is 5.69. The Hall–Kier alpha value is -2.61. The summed E-state index contributed by atoms with van der Waals surface area (Å²) < 4.78 is 5.40. The Kier molecular flexibility index (Phi) is 19.6. The van der Waals surface area contributed by atoms with Gasteiger partial charge in [-0.2, -0.15) is 0 Å². The van der Waals surface area contributed by atoms with Gasteiger partial charge < -0.3 is 4.74 Å². The van der Waals surface area contributed by atoms with Gasteiger partial charge in [0.05, 0.1) is 0 Å². The second-order valence-corrected chi connectivity index (χ2v) is 11.8. The third-order valence-corrected chi connectivity index (χ3v) is 7.45. The number of carbonyl (C=O) groups excluding carboxylic acids is 1. The summed E-state index contributed by atoms with van der Waals surface area (Å²) in [6.07, 6.45) is 40.5. The predicted octanol–water partition coefficient (Wildman–Crippen LogP) is 11.7. The molecule has 1 aliphatic rings. The zero-order chi connectivity index (χ0) is 29.5. The fourth-order valence-electron chi connectivity index (χ4n) is 4.93. The molecular formula is C38H58O2. The Morgan fingerprint density at radius 1 is 0.875 bits per heavy atom. The average molecular weight is 547 g/mol. The minimum absolute atomic E-state index is 0.0923. The van der Waals surface area contributed by atoms with Crippen LogP contribution in [0.1, 0.15) is 125 Å². The number of allylic oxidation sites excluding steroid dienone is 15. The van der Waals surface area contributed by atoms with Crippen molar-refractivity contribution in [2.45, 2.75) is 125 Å². The van der Waals surface area contributed by atoms with Crippen LogP contribution in [0, 0.1) is 5.41 Å². The number of hydrogen-bond acceptors (Lipinski definition) is 2. The van der Waals surface area contributed by atoms with Crippen molar-refractivity contribution in [3.05, 3.63) is 95.2 Å². The van der Waals surface area contributed by atoms with Gasteiger partial charge in [0.1, 0.15) is 6.61 Å². The van der Waals surface area contributed by atoms with Crippen molar-refractivity contribution in [1.29, 1.82) is 0 Å². The molecule has 1 aliphatic carbocycles. The van der Waals surface area contributed by atoms with Crippen molar-refractivity contribution >= 4 is 5.97 Å². The number of carbonyl (C=O) groups is 1. The average Bonchev–Trinajstić information content (AvgIpc) is 2.90. The lowest BCUT2D eigenvalue weighted by atomic mass is 9.72. The first-order valence-electron chi connectivity index (χ1n) is 15.8. The van der Waals surface area contributed by atoms with Gasteiger partial charge in [-0.05, 0) is 95.6 Å². The molecule has 0 aromatic carbocycles. The van der Waals surface area contributed by atoms with Crippen LogP contribution in [0.2, 0.25) is 0 Å². The van der Waals surface area contributed by atoms with E-state index in [0.717, 1.165) is 44.1 Å². The van der Waals surface area contributed by atoms with E-state index in [2.05, 4.69) is 101 Å². The van der Waals surface area contributed by atoms with E-state index in [4.69, 9.17) is 4.74 Å². The third kappa shape index (κ3) is 17.9. The maximum Gasteiger partial charge on any atom is 0.306 e. The summed E-state index contributed by atoms with van der Waals surface area (Å²) in [5.74, 6) is -0.0923. The Bertz CT molecular complexity index is 959. The number of esters is 1. The molecule has 2 nitrogen and oxygen atoms in total. The van der Waals surface area contributed by atoms with Gasteiger partial charge in [0.25, 0.3) is 0 Å².